The number of rotatable bonds is 6. The normalized spacial score (nSPS) is 21.6. The number of aromatic nitrogens is 3. The van der Waals surface area contributed by atoms with E-state index in [4.69, 9.17) is 4.74 Å². The fourth-order valence-corrected chi connectivity index (χ4v) is 6.35. The van der Waals surface area contributed by atoms with Crippen LogP contribution in [0.5, 0.6) is 5.75 Å². The summed E-state index contributed by atoms with van der Waals surface area (Å²) in [5.74, 6) is -2.40. The van der Waals surface area contributed by atoms with E-state index < -0.39 is 16.8 Å². The fourth-order valence-electron chi connectivity index (χ4n) is 6.35. The molecule has 37 heavy (non-hydrogen) atoms. The smallest absolute Gasteiger partial charge is 0.249 e. The lowest BCUT2D eigenvalue weighted by molar-refractivity contribution is -0.154. The number of fused-ring (bicyclic) bond motifs is 3. The summed E-state index contributed by atoms with van der Waals surface area (Å²) < 4.78 is 32.8. The van der Waals surface area contributed by atoms with Gasteiger partial charge in [0.2, 0.25) is 17.7 Å². The first-order valence-electron chi connectivity index (χ1n) is 12.7. The van der Waals surface area contributed by atoms with E-state index in [0.29, 0.717) is 37.1 Å². The van der Waals surface area contributed by atoms with Crippen LogP contribution in [0.15, 0.2) is 42.7 Å². The Morgan fingerprint density at radius 1 is 1.22 bits per heavy atom. The quantitative estimate of drug-likeness (QED) is 0.521. The molecule has 8 nitrogen and oxygen atoms in total. The van der Waals surface area contributed by atoms with Gasteiger partial charge in [-0.05, 0) is 48.8 Å². The first kappa shape index (κ1) is 23.8. The van der Waals surface area contributed by atoms with E-state index in [-0.39, 0.29) is 43.8 Å². The summed E-state index contributed by atoms with van der Waals surface area (Å²) in [6.45, 7) is 1.80. The number of alkyl halides is 2. The number of aromatic amines is 1. The van der Waals surface area contributed by atoms with Crippen LogP contribution < -0.4 is 15.0 Å². The van der Waals surface area contributed by atoms with Gasteiger partial charge in [-0.3, -0.25) is 14.7 Å². The maximum atomic E-state index is 13.8. The molecule has 3 heterocycles. The largest absolute Gasteiger partial charge is 0.489 e. The Hall–Kier alpha value is -3.56. The molecule has 0 saturated heterocycles. The highest BCUT2D eigenvalue weighted by atomic mass is 19.3. The van der Waals surface area contributed by atoms with Gasteiger partial charge in [-0.2, -0.15) is 5.10 Å². The van der Waals surface area contributed by atoms with Crippen LogP contribution in [0.4, 0.5) is 14.5 Å². The SMILES string of the molecule is CC1(CNC(=O)CN2C(=O)C3(CCC(Oc4cnc5[nH]ncc5c4)CC3)c3ccccc32)CC(F)(F)C1. The minimum Gasteiger partial charge on any atom is -0.489 e. The van der Waals surface area contributed by atoms with Crippen molar-refractivity contribution in [3.63, 3.8) is 0 Å². The zero-order chi connectivity index (χ0) is 25.8. The Kier molecular flexibility index (Phi) is 5.47. The van der Waals surface area contributed by atoms with Crippen LogP contribution in [0, 0.1) is 5.41 Å². The molecule has 1 spiro atoms. The average Bonchev–Trinajstić information content (AvgIpc) is 3.40. The summed E-state index contributed by atoms with van der Waals surface area (Å²) in [6.07, 6.45) is 5.47. The lowest BCUT2D eigenvalue weighted by Crippen LogP contribution is -2.52. The highest BCUT2D eigenvalue weighted by Gasteiger charge is 2.54. The Morgan fingerprint density at radius 3 is 2.73 bits per heavy atom. The molecule has 194 valence electrons. The average molecular weight is 510 g/mol. The number of carbonyl (C=O) groups excluding carboxylic acids is 2. The third-order valence-corrected chi connectivity index (χ3v) is 8.10. The van der Waals surface area contributed by atoms with Crippen LogP contribution in [0.3, 0.4) is 0 Å². The number of anilines is 1. The molecule has 0 unspecified atom stereocenters. The van der Waals surface area contributed by atoms with Crippen molar-refractivity contribution in [1.29, 1.82) is 0 Å². The van der Waals surface area contributed by atoms with Crippen LogP contribution in [-0.2, 0) is 15.0 Å². The van der Waals surface area contributed by atoms with Gasteiger partial charge in [0, 0.05) is 30.5 Å². The van der Waals surface area contributed by atoms with Crippen molar-refractivity contribution in [1.82, 2.24) is 20.5 Å². The molecule has 2 saturated carbocycles. The molecule has 1 aromatic carbocycles. The highest BCUT2D eigenvalue weighted by molar-refractivity contribution is 6.10. The summed E-state index contributed by atoms with van der Waals surface area (Å²) in [6, 6.07) is 9.53. The van der Waals surface area contributed by atoms with E-state index in [1.165, 1.54) is 0 Å². The number of halogens is 2. The van der Waals surface area contributed by atoms with Crippen LogP contribution in [0.2, 0.25) is 0 Å². The molecule has 10 heteroatoms. The molecule has 3 aliphatic rings. The molecule has 2 amide bonds. The Morgan fingerprint density at radius 2 is 1.97 bits per heavy atom. The van der Waals surface area contributed by atoms with Crippen molar-refractivity contribution in [3.8, 4) is 5.75 Å². The van der Waals surface area contributed by atoms with E-state index in [0.717, 1.165) is 16.6 Å². The van der Waals surface area contributed by atoms with Crippen molar-refractivity contribution in [3.05, 3.63) is 48.3 Å². The fraction of sp³-hybridized carbons (Fsp3) is 0.481. The molecule has 2 fully saturated rings. The number of pyridine rings is 1. The summed E-state index contributed by atoms with van der Waals surface area (Å²) >= 11 is 0. The topological polar surface area (TPSA) is 100 Å². The van der Waals surface area contributed by atoms with E-state index in [9.17, 15) is 18.4 Å². The second kappa shape index (κ2) is 8.49. The number of carbonyl (C=O) groups is 2. The minimum absolute atomic E-state index is 0.0459. The molecule has 0 radical (unpaired) electrons. The first-order valence-corrected chi connectivity index (χ1v) is 12.7. The second-order valence-corrected chi connectivity index (χ2v) is 11.1. The minimum atomic E-state index is -2.65. The molecule has 2 N–H and O–H groups in total. The lowest BCUT2D eigenvalue weighted by Gasteiger charge is -2.44. The Balaban J connectivity index is 1.12. The number of benzene rings is 1. The lowest BCUT2D eigenvalue weighted by atomic mass is 9.67. The van der Waals surface area contributed by atoms with Gasteiger partial charge in [0.15, 0.2) is 5.65 Å². The molecule has 1 aliphatic heterocycles. The number of nitrogens with zero attached hydrogens (tertiary/aromatic N) is 3. The maximum Gasteiger partial charge on any atom is 0.249 e. The molecule has 3 aromatic rings. The van der Waals surface area contributed by atoms with Crippen LogP contribution in [-0.4, -0.2) is 52.1 Å². The zero-order valence-corrected chi connectivity index (χ0v) is 20.6. The number of para-hydroxylation sites is 1. The van der Waals surface area contributed by atoms with E-state index in [2.05, 4.69) is 20.5 Å². The van der Waals surface area contributed by atoms with Gasteiger partial charge in [-0.1, -0.05) is 25.1 Å². The molecular weight excluding hydrogens is 480 g/mol. The number of hydrogen-bond donors (Lipinski definition) is 2. The number of ether oxygens (including phenoxy) is 1. The van der Waals surface area contributed by atoms with Gasteiger partial charge in [-0.25, -0.2) is 13.8 Å². The Bertz CT molecular complexity index is 1360. The van der Waals surface area contributed by atoms with Crippen molar-refractivity contribution in [2.24, 2.45) is 5.41 Å². The van der Waals surface area contributed by atoms with Gasteiger partial charge in [0.1, 0.15) is 12.3 Å². The summed E-state index contributed by atoms with van der Waals surface area (Å²) in [5.41, 5.74) is 1.10. The van der Waals surface area contributed by atoms with Crippen LogP contribution in [0.25, 0.3) is 11.0 Å². The standard InChI is InChI=1S/C27H29F2N5O3/c1-25(14-27(28,29)15-25)16-31-22(35)13-34-21-5-3-2-4-20(21)26(24(34)36)8-6-18(7-9-26)37-19-10-17-11-32-33-23(17)30-12-19/h2-5,10-12,18H,6-9,13-16H2,1H3,(H,31,35)(H,30,32,33). The molecular formula is C27H29F2N5O3. The summed E-state index contributed by atoms with van der Waals surface area (Å²) in [7, 11) is 0. The maximum absolute atomic E-state index is 13.8. The predicted molar refractivity (Wildman–Crippen MR) is 133 cm³/mol. The van der Waals surface area contributed by atoms with Crippen LogP contribution >= 0.6 is 0 Å². The van der Waals surface area contributed by atoms with E-state index in [1.54, 1.807) is 24.2 Å². The molecule has 2 aromatic heterocycles. The summed E-state index contributed by atoms with van der Waals surface area (Å²) in [5, 5.41) is 10.5. The van der Waals surface area contributed by atoms with E-state index in [1.807, 2.05) is 30.3 Å². The third kappa shape index (κ3) is 4.22. The van der Waals surface area contributed by atoms with Crippen molar-refractivity contribution in [2.45, 2.75) is 62.9 Å². The number of H-pyrrole nitrogens is 1. The zero-order valence-electron chi connectivity index (χ0n) is 20.6. The number of amides is 2. The first-order chi connectivity index (χ1) is 17.7. The van der Waals surface area contributed by atoms with Crippen molar-refractivity contribution < 1.29 is 23.1 Å². The van der Waals surface area contributed by atoms with Gasteiger partial charge >= 0.3 is 0 Å². The molecule has 0 bridgehead atoms. The monoisotopic (exact) mass is 509 g/mol. The van der Waals surface area contributed by atoms with Crippen LogP contribution in [0.1, 0.15) is 51.0 Å². The van der Waals surface area contributed by atoms with Crippen molar-refractivity contribution >= 4 is 28.5 Å². The van der Waals surface area contributed by atoms with Gasteiger partial charge in [-0.15, -0.1) is 0 Å². The van der Waals surface area contributed by atoms with Gasteiger partial charge < -0.3 is 15.0 Å². The Labute approximate surface area is 212 Å². The predicted octanol–water partition coefficient (Wildman–Crippen LogP) is 4.12. The molecule has 0 atom stereocenters. The molecule has 2 aliphatic carbocycles. The van der Waals surface area contributed by atoms with Gasteiger partial charge in [0.25, 0.3) is 0 Å². The van der Waals surface area contributed by atoms with E-state index >= 15 is 0 Å². The van der Waals surface area contributed by atoms with Gasteiger partial charge in [0.05, 0.1) is 23.9 Å². The highest BCUT2D eigenvalue weighted by Crippen LogP contribution is 2.52. The third-order valence-electron chi connectivity index (χ3n) is 8.10. The number of hydrogen-bond acceptors (Lipinski definition) is 5. The van der Waals surface area contributed by atoms with Crippen molar-refractivity contribution in [2.75, 3.05) is 18.0 Å². The number of nitrogens with one attached hydrogen (secondary N) is 2. The summed E-state index contributed by atoms with van der Waals surface area (Å²) in [4.78, 5) is 32.5. The molecule has 6 rings (SSSR count). The second-order valence-electron chi connectivity index (χ2n) is 11.1.